The second-order valence-electron chi connectivity index (χ2n) is 24.9. The third-order valence-corrected chi connectivity index (χ3v) is 23.5. The average Bonchev–Trinajstić information content (AvgIpc) is 1.62. The molecule has 514 valence electrons. The Balaban J connectivity index is 0.874. The zero-order valence-electron chi connectivity index (χ0n) is 54.2. The van der Waals surface area contributed by atoms with Crippen LogP contribution in [0.15, 0.2) is 54.4 Å². The van der Waals surface area contributed by atoms with E-state index in [0.29, 0.717) is 24.1 Å². The van der Waals surface area contributed by atoms with Crippen molar-refractivity contribution in [3.05, 3.63) is 65.5 Å². The third kappa shape index (κ3) is 20.9. The Morgan fingerprint density at radius 3 is 2.04 bits per heavy atom. The predicted molar refractivity (Wildman–Crippen MR) is 351 cm³/mol. The molecule has 1 aromatic carbocycles. The van der Waals surface area contributed by atoms with Gasteiger partial charge in [0.25, 0.3) is 12.1 Å². The zero-order chi connectivity index (χ0) is 66.5. The van der Waals surface area contributed by atoms with E-state index in [-0.39, 0.29) is 58.6 Å². The van der Waals surface area contributed by atoms with E-state index in [1.165, 1.54) is 112 Å². The summed E-state index contributed by atoms with van der Waals surface area (Å²) in [5.74, 6) is -2.15. The fraction of sp³-hybridized carbons (Fsp3) is 0.683. The Morgan fingerprint density at radius 2 is 1.38 bits per heavy atom. The van der Waals surface area contributed by atoms with Gasteiger partial charge in [0.2, 0.25) is 17.7 Å². The number of carbonyl (C=O) groups is 4. The van der Waals surface area contributed by atoms with Gasteiger partial charge in [-0.2, -0.15) is 0 Å². The first kappa shape index (κ1) is 73.1. The lowest BCUT2D eigenvalue weighted by molar-refractivity contribution is -0.151. The molecule has 4 aromatic heterocycles. The summed E-state index contributed by atoms with van der Waals surface area (Å²) >= 11 is 0.926. The molecule has 3 saturated heterocycles. The number of imidazole rings is 2. The van der Waals surface area contributed by atoms with E-state index in [2.05, 4.69) is 59.7 Å². The monoisotopic (exact) mass is 1360 g/mol. The molecule has 5 aromatic rings. The summed E-state index contributed by atoms with van der Waals surface area (Å²) in [4.78, 5) is 101. The number of alkyl halides is 1. The van der Waals surface area contributed by atoms with Crippen molar-refractivity contribution in [1.82, 2.24) is 49.7 Å². The summed E-state index contributed by atoms with van der Waals surface area (Å²) in [5.41, 5.74) is 5.85. The van der Waals surface area contributed by atoms with Gasteiger partial charge in [0.15, 0.2) is 35.0 Å². The van der Waals surface area contributed by atoms with Crippen LogP contribution in [0.5, 0.6) is 0 Å². The number of nitrogen functional groups attached to an aromatic ring is 1. The molecule has 0 radical (unpaired) electrons. The summed E-state index contributed by atoms with van der Waals surface area (Å²) in [7, 11) is -5.12. The molecule has 3 fully saturated rings. The lowest BCUT2D eigenvalue weighted by Crippen LogP contribution is -2.54. The third-order valence-electron chi connectivity index (χ3n) is 17.3. The minimum atomic E-state index is -5.12. The number of ether oxygens (including phenoxy) is 3. The summed E-state index contributed by atoms with van der Waals surface area (Å²) in [6, 6.07) is 4.60. The second kappa shape index (κ2) is 35.9. The van der Waals surface area contributed by atoms with Gasteiger partial charge in [-0.3, -0.25) is 46.7 Å². The number of hydrogen-bond acceptors (Lipinski definition) is 20. The van der Waals surface area contributed by atoms with Crippen molar-refractivity contribution in [2.24, 2.45) is 5.92 Å². The first-order valence-electron chi connectivity index (χ1n) is 33.3. The molecule has 93 heavy (non-hydrogen) atoms. The van der Waals surface area contributed by atoms with Gasteiger partial charge in [-0.1, -0.05) is 167 Å². The van der Waals surface area contributed by atoms with Gasteiger partial charge in [-0.25, -0.2) is 33.9 Å². The Bertz CT molecular complexity index is 3380. The van der Waals surface area contributed by atoms with Crippen LogP contribution in [0.1, 0.15) is 207 Å². The molecule has 3 aliphatic rings. The van der Waals surface area contributed by atoms with E-state index in [4.69, 9.17) is 33.5 Å². The predicted octanol–water partition coefficient (Wildman–Crippen LogP) is 11.6. The number of aromatic amines is 1. The van der Waals surface area contributed by atoms with Gasteiger partial charge in [0.05, 0.1) is 50.4 Å². The van der Waals surface area contributed by atoms with Crippen molar-refractivity contribution in [3.63, 3.8) is 0 Å². The highest BCUT2D eigenvalue weighted by Crippen LogP contribution is 2.69. The lowest BCUT2D eigenvalue weighted by Gasteiger charge is -2.27. The van der Waals surface area contributed by atoms with Gasteiger partial charge in [0, 0.05) is 24.3 Å². The highest BCUT2D eigenvalue weighted by molar-refractivity contribution is 8.56. The minimum absolute atomic E-state index is 0.0118. The smallest absolute Gasteiger partial charge is 0.462 e. The number of benzene rings is 1. The van der Waals surface area contributed by atoms with E-state index < -0.39 is 112 Å². The molecule has 8 rings (SSSR count). The largest absolute Gasteiger partial charge is 0.472 e. The number of phosphoric ester groups is 1. The topological polar surface area (TPSA) is 347 Å². The molecular formula is C63H95FN12O14P2S. The molecule has 0 spiro atoms. The Hall–Kier alpha value is -5.70. The number of anilines is 2. The number of carbonyl (C=O) groups excluding carboxylic acids is 4. The molecule has 0 saturated carbocycles. The number of nitrogens with zero attached hydrogens (tertiary/aromatic N) is 7. The standard InChI is InChI=1S/C63H95FN12O14P2S/c1-6-8-10-12-14-16-17-19-21-23-25-27-51(78)87-45(26-24-22-20-18-15-13-11-9-7-2)32-49(77)74-53(41(3)4)62(81)72-42(5)60(79)73-44-30-28-43(29-31-44)36-93-91(82)48-33-50(75-39-71-55-59(75)68-38-69-61(55)80)88-46(48)34-86-92(83,84)90-56-47(35-85-91)89-63(52(56)64)76-40-70-54-57(65)66-37-67-58(54)76/h28-31,37-42,45-48,50,52-53,56,63H,6-27,32-36H2,1-5H3,(H,72,81)(H,73,79)(H,74,77)(H,83,84)(H2,65,66,67)(H,68,69,80)/t42-,45?,46+,47+,48-,50+,52+,53-,56+,63+,91?/m0/s1. The van der Waals surface area contributed by atoms with E-state index in [1.54, 1.807) is 38.1 Å². The molecule has 26 nitrogen and oxygen atoms in total. The summed E-state index contributed by atoms with van der Waals surface area (Å²) in [6.45, 7) is 4.13. The molecule has 3 aliphatic heterocycles. The first-order valence-corrected chi connectivity index (χ1v) is 38.1. The molecule has 12 atom stereocenters. The molecule has 7 heterocycles. The van der Waals surface area contributed by atoms with Gasteiger partial charge < -0.3 is 50.3 Å². The summed E-state index contributed by atoms with van der Waals surface area (Å²) in [6.07, 6.45) is 18.8. The SMILES string of the molecule is CCCCCCCCCCCCCC(=O)OC(CCCCCCCCCCC)CC(=O)N[C@H](C(=O)N[C@@H](C)C(=O)Nc1ccc(CSP2(=O)OC[C@H]3O[C@@H](n4cnc5c(N)ncnc54)[C@H](F)[C@@H]3OP(=O)(O)OC[C@H]3O[C@@H](n4cnc5c(=O)[nH]cnc54)C[C@@H]32)cc1)C(C)C. The van der Waals surface area contributed by atoms with Crippen LogP contribution in [0.25, 0.3) is 22.3 Å². The van der Waals surface area contributed by atoms with Crippen LogP contribution in [-0.4, -0.2) is 129 Å². The van der Waals surface area contributed by atoms with Crippen LogP contribution >= 0.6 is 25.8 Å². The number of unbranched alkanes of at least 4 members (excludes halogenated alkanes) is 18. The van der Waals surface area contributed by atoms with Crippen LogP contribution in [-0.2, 0) is 61.8 Å². The van der Waals surface area contributed by atoms with E-state index >= 15 is 8.96 Å². The number of halogens is 1. The number of nitrogens with two attached hydrogens (primary N) is 1. The lowest BCUT2D eigenvalue weighted by atomic mass is 10.0. The van der Waals surface area contributed by atoms with Crippen molar-refractivity contribution in [2.45, 2.75) is 255 Å². The van der Waals surface area contributed by atoms with Crippen LogP contribution in [0.4, 0.5) is 15.9 Å². The fourth-order valence-corrected chi connectivity index (χ4v) is 17.9. The highest BCUT2D eigenvalue weighted by Gasteiger charge is 2.55. The number of aromatic nitrogens is 8. The van der Waals surface area contributed by atoms with Gasteiger partial charge >= 0.3 is 13.8 Å². The van der Waals surface area contributed by atoms with E-state index in [1.807, 2.05) is 0 Å². The number of hydrogen-bond donors (Lipinski definition) is 6. The fourth-order valence-electron chi connectivity index (χ4n) is 11.9. The second-order valence-corrected chi connectivity index (χ2v) is 31.2. The maximum atomic E-state index is 16.7. The maximum absolute atomic E-state index is 16.7. The Labute approximate surface area is 546 Å². The quantitative estimate of drug-likeness (QED) is 0.0123. The Morgan fingerprint density at radius 1 is 0.763 bits per heavy atom. The zero-order valence-corrected chi connectivity index (χ0v) is 56.8. The molecule has 3 unspecified atom stereocenters. The van der Waals surface area contributed by atoms with E-state index in [9.17, 15) is 33.4 Å². The average molecular weight is 1360 g/mol. The van der Waals surface area contributed by atoms with Crippen molar-refractivity contribution in [2.75, 3.05) is 24.3 Å². The number of nitrogens with one attached hydrogen (secondary N) is 4. The van der Waals surface area contributed by atoms with Crippen molar-refractivity contribution >= 4 is 83.3 Å². The molecular weight excluding hydrogens is 1260 g/mol. The molecule has 30 heteroatoms. The van der Waals surface area contributed by atoms with Crippen LogP contribution in [0.3, 0.4) is 0 Å². The molecule has 3 amide bonds. The minimum Gasteiger partial charge on any atom is -0.462 e. The Kier molecular flexibility index (Phi) is 28.2. The highest BCUT2D eigenvalue weighted by atomic mass is 32.7. The molecule has 0 aliphatic carbocycles. The van der Waals surface area contributed by atoms with Gasteiger partial charge in [-0.05, 0) is 49.8 Å². The van der Waals surface area contributed by atoms with Crippen molar-refractivity contribution in [3.8, 4) is 0 Å². The van der Waals surface area contributed by atoms with Crippen molar-refractivity contribution < 1.29 is 65.4 Å². The van der Waals surface area contributed by atoms with Crippen LogP contribution in [0, 0.1) is 5.92 Å². The number of amides is 3. The maximum Gasteiger partial charge on any atom is 0.472 e. The molecule has 7 N–H and O–H groups in total. The van der Waals surface area contributed by atoms with Gasteiger partial charge in [0.1, 0.15) is 48.5 Å². The van der Waals surface area contributed by atoms with Crippen LogP contribution < -0.4 is 27.2 Å². The number of esters is 1. The van der Waals surface area contributed by atoms with Gasteiger partial charge in [-0.15, -0.1) is 0 Å². The van der Waals surface area contributed by atoms with Crippen LogP contribution in [0.2, 0.25) is 0 Å². The number of fused-ring (bicyclic) bond motifs is 4. The van der Waals surface area contributed by atoms with E-state index in [0.717, 1.165) is 69.1 Å². The normalized spacial score (nSPS) is 24.2. The number of H-pyrrole nitrogens is 1. The first-order chi connectivity index (χ1) is 44.8. The number of phosphoric acid groups is 1. The summed E-state index contributed by atoms with van der Waals surface area (Å²) < 4.78 is 84.7. The van der Waals surface area contributed by atoms with Crippen molar-refractivity contribution in [1.29, 1.82) is 0 Å². The summed E-state index contributed by atoms with van der Waals surface area (Å²) in [5, 5.41) is 8.43. The molecule has 0 bridgehead atoms. The number of rotatable bonds is 36.